The molecule has 2 N–H and O–H groups in total. The molecule has 1 amide bonds. The number of fused-ring (bicyclic) bond motifs is 1. The molecule has 6 nitrogen and oxygen atoms in total. The van der Waals surface area contributed by atoms with Crippen molar-refractivity contribution in [3.63, 3.8) is 0 Å². The Morgan fingerprint density at radius 3 is 2.87 bits per heavy atom. The Balaban J connectivity index is 1.59. The van der Waals surface area contributed by atoms with E-state index in [2.05, 4.69) is 26.2 Å². The fourth-order valence-electron chi connectivity index (χ4n) is 3.11. The molecule has 0 fully saturated rings. The highest BCUT2D eigenvalue weighted by atomic mass is 79.9. The van der Waals surface area contributed by atoms with E-state index < -0.39 is 10.8 Å². The van der Waals surface area contributed by atoms with Crippen molar-refractivity contribution in [1.29, 1.82) is 0 Å². The van der Waals surface area contributed by atoms with Gasteiger partial charge in [0.1, 0.15) is 6.54 Å². The third-order valence-electron chi connectivity index (χ3n) is 4.55. The molecule has 4 rings (SSSR count). The number of halogens is 2. The number of hydrogen-bond donors (Lipinski definition) is 2. The summed E-state index contributed by atoms with van der Waals surface area (Å²) in [5, 5.41) is 13.7. The van der Waals surface area contributed by atoms with E-state index in [1.165, 1.54) is 0 Å². The lowest BCUT2D eigenvalue weighted by Crippen LogP contribution is -2.24. The Labute approximate surface area is 189 Å². The summed E-state index contributed by atoms with van der Waals surface area (Å²) in [6.45, 7) is 1.56. The molecule has 0 unspecified atom stereocenters. The second kappa shape index (κ2) is 8.22. The SMILES string of the molecule is CC1=Nc2ccccc2C1=Cc1sc(=O)n(CC(=O)Nc2ccc(Br)c(Cl)c2)c1O. The second-order valence-electron chi connectivity index (χ2n) is 6.59. The number of para-hydroxylation sites is 1. The Morgan fingerprint density at radius 2 is 2.10 bits per heavy atom. The lowest BCUT2D eigenvalue weighted by atomic mass is 10.0. The standard InChI is InChI=1S/C21H15BrClN3O3S/c1-11-14(13-4-2-3-5-17(13)24-11)9-18-20(28)26(21(29)30-18)10-19(27)25-12-6-7-15(22)16(23)8-12/h2-9,28H,10H2,1H3,(H,25,27). The van der Waals surface area contributed by atoms with Gasteiger partial charge in [0.15, 0.2) is 0 Å². The van der Waals surface area contributed by atoms with Crippen molar-refractivity contribution in [3.05, 3.63) is 72.1 Å². The van der Waals surface area contributed by atoms with Crippen LogP contribution in [0, 0.1) is 0 Å². The molecule has 0 aliphatic carbocycles. The van der Waals surface area contributed by atoms with Gasteiger partial charge in [0.25, 0.3) is 0 Å². The van der Waals surface area contributed by atoms with E-state index in [-0.39, 0.29) is 12.4 Å². The summed E-state index contributed by atoms with van der Waals surface area (Å²) in [6, 6.07) is 12.6. The summed E-state index contributed by atoms with van der Waals surface area (Å²) in [7, 11) is 0. The minimum absolute atomic E-state index is 0.251. The fraction of sp³-hybridized carbons (Fsp3) is 0.0952. The van der Waals surface area contributed by atoms with Crippen LogP contribution in [0.3, 0.4) is 0 Å². The largest absolute Gasteiger partial charge is 0.493 e. The van der Waals surface area contributed by atoms with Crippen LogP contribution < -0.4 is 10.2 Å². The number of carbonyl (C=O) groups excluding carboxylic acids is 1. The maximum atomic E-state index is 12.4. The van der Waals surface area contributed by atoms with E-state index >= 15 is 0 Å². The zero-order chi connectivity index (χ0) is 21.4. The third kappa shape index (κ3) is 3.98. The van der Waals surface area contributed by atoms with Crippen molar-refractivity contribution < 1.29 is 9.90 Å². The maximum absolute atomic E-state index is 12.4. The average Bonchev–Trinajstić information content (AvgIpc) is 3.16. The number of amides is 1. The number of nitrogens with one attached hydrogen (secondary N) is 1. The van der Waals surface area contributed by atoms with Gasteiger partial charge in [-0.15, -0.1) is 0 Å². The Bertz CT molecular complexity index is 1290. The summed E-state index contributed by atoms with van der Waals surface area (Å²) in [4.78, 5) is 29.2. The molecule has 1 aromatic heterocycles. The number of thiazole rings is 1. The number of nitrogens with zero attached hydrogens (tertiary/aromatic N) is 2. The van der Waals surface area contributed by atoms with Gasteiger partial charge in [-0.05, 0) is 53.2 Å². The van der Waals surface area contributed by atoms with Crippen molar-refractivity contribution in [2.45, 2.75) is 13.5 Å². The number of aliphatic imine (C=N–C) groups is 1. The molecule has 9 heteroatoms. The second-order valence-corrected chi connectivity index (χ2v) is 8.85. The maximum Gasteiger partial charge on any atom is 0.311 e. The number of allylic oxidation sites excluding steroid dienone is 1. The van der Waals surface area contributed by atoms with Crippen LogP contribution in [0.5, 0.6) is 5.88 Å². The lowest BCUT2D eigenvalue weighted by molar-refractivity contribution is -0.116. The number of benzene rings is 2. The first kappa shape index (κ1) is 20.6. The lowest BCUT2D eigenvalue weighted by Gasteiger charge is -2.07. The quantitative estimate of drug-likeness (QED) is 0.505. The third-order valence-corrected chi connectivity index (χ3v) is 6.69. The Kier molecular flexibility index (Phi) is 5.64. The van der Waals surface area contributed by atoms with Crippen molar-refractivity contribution in [3.8, 4) is 5.88 Å². The summed E-state index contributed by atoms with van der Waals surface area (Å²) in [6.07, 6.45) is 1.73. The normalized spacial score (nSPS) is 14.0. The van der Waals surface area contributed by atoms with Gasteiger partial charge in [0.2, 0.25) is 11.8 Å². The number of anilines is 1. The fourth-order valence-corrected chi connectivity index (χ4v) is 4.37. The molecule has 2 heterocycles. The van der Waals surface area contributed by atoms with Gasteiger partial charge in [-0.3, -0.25) is 19.1 Å². The molecular formula is C21H15BrClN3O3S. The van der Waals surface area contributed by atoms with Crippen molar-refractivity contribution in [1.82, 2.24) is 4.57 Å². The minimum atomic E-state index is -0.452. The van der Waals surface area contributed by atoms with Crippen LogP contribution in [-0.4, -0.2) is 21.3 Å². The van der Waals surface area contributed by atoms with Gasteiger partial charge >= 0.3 is 4.87 Å². The van der Waals surface area contributed by atoms with Crippen molar-refractivity contribution in [2.75, 3.05) is 5.32 Å². The molecule has 1 aliphatic heterocycles. The smallest absolute Gasteiger partial charge is 0.311 e. The summed E-state index contributed by atoms with van der Waals surface area (Å²) in [5.41, 5.74) is 3.91. The number of hydrogen-bond acceptors (Lipinski definition) is 5. The molecule has 0 bridgehead atoms. The van der Waals surface area contributed by atoms with Gasteiger partial charge in [-0.1, -0.05) is 41.1 Å². The molecule has 0 radical (unpaired) electrons. The minimum Gasteiger partial charge on any atom is -0.493 e. The van der Waals surface area contributed by atoms with Gasteiger partial charge in [-0.2, -0.15) is 0 Å². The van der Waals surface area contributed by atoms with E-state index in [0.29, 0.717) is 20.1 Å². The molecule has 0 saturated heterocycles. The number of carbonyl (C=O) groups is 1. The monoisotopic (exact) mass is 503 g/mol. The van der Waals surface area contributed by atoms with Crippen LogP contribution in [0.25, 0.3) is 11.6 Å². The van der Waals surface area contributed by atoms with Gasteiger partial charge in [0.05, 0.1) is 15.6 Å². The van der Waals surface area contributed by atoms with E-state index in [1.54, 1.807) is 24.3 Å². The first-order valence-corrected chi connectivity index (χ1v) is 10.9. The molecule has 3 aromatic rings. The molecule has 0 atom stereocenters. The van der Waals surface area contributed by atoms with Crippen LogP contribution in [0.4, 0.5) is 11.4 Å². The first-order chi connectivity index (χ1) is 14.3. The highest BCUT2D eigenvalue weighted by Gasteiger charge is 2.20. The summed E-state index contributed by atoms with van der Waals surface area (Å²) >= 11 is 10.2. The number of rotatable bonds is 4. The van der Waals surface area contributed by atoms with E-state index in [4.69, 9.17) is 11.6 Å². The summed E-state index contributed by atoms with van der Waals surface area (Å²) in [5.74, 6) is -0.703. The molecule has 0 spiro atoms. The van der Waals surface area contributed by atoms with E-state index in [1.807, 2.05) is 31.2 Å². The molecule has 1 aliphatic rings. The van der Waals surface area contributed by atoms with E-state index in [9.17, 15) is 14.7 Å². The predicted octanol–water partition coefficient (Wildman–Crippen LogP) is 5.32. The molecule has 152 valence electrons. The van der Waals surface area contributed by atoms with Crippen LogP contribution >= 0.6 is 38.9 Å². The van der Waals surface area contributed by atoms with E-state index in [0.717, 1.165) is 38.4 Å². The average molecular weight is 505 g/mol. The van der Waals surface area contributed by atoms with Crippen LogP contribution in [0.1, 0.15) is 17.4 Å². The van der Waals surface area contributed by atoms with Gasteiger partial charge in [0, 0.05) is 27.0 Å². The topological polar surface area (TPSA) is 83.7 Å². The molecule has 0 saturated carbocycles. The first-order valence-electron chi connectivity index (χ1n) is 8.88. The van der Waals surface area contributed by atoms with Crippen molar-refractivity contribution >= 4 is 73.5 Å². The van der Waals surface area contributed by atoms with Crippen LogP contribution in [-0.2, 0) is 11.3 Å². The molecule has 2 aromatic carbocycles. The van der Waals surface area contributed by atoms with Gasteiger partial charge in [-0.25, -0.2) is 0 Å². The summed E-state index contributed by atoms with van der Waals surface area (Å²) < 4.78 is 1.75. The number of aromatic hydroxyl groups is 1. The Morgan fingerprint density at radius 1 is 1.33 bits per heavy atom. The highest BCUT2D eigenvalue weighted by molar-refractivity contribution is 9.10. The number of aromatic nitrogens is 1. The molecule has 30 heavy (non-hydrogen) atoms. The van der Waals surface area contributed by atoms with Crippen LogP contribution in [0.15, 0.2) is 56.7 Å². The predicted molar refractivity (Wildman–Crippen MR) is 125 cm³/mol. The molecular weight excluding hydrogens is 490 g/mol. The van der Waals surface area contributed by atoms with Crippen LogP contribution in [0.2, 0.25) is 5.02 Å². The van der Waals surface area contributed by atoms with Gasteiger partial charge < -0.3 is 10.4 Å². The Hall–Kier alpha value is -2.68. The highest BCUT2D eigenvalue weighted by Crippen LogP contribution is 2.37. The zero-order valence-corrected chi connectivity index (χ0v) is 18.8. The van der Waals surface area contributed by atoms with Crippen molar-refractivity contribution in [2.24, 2.45) is 4.99 Å². The zero-order valence-electron chi connectivity index (χ0n) is 15.6.